The van der Waals surface area contributed by atoms with E-state index in [0.717, 1.165) is 25.4 Å². The fraction of sp³-hybridized carbons (Fsp3) is 0.538. The van der Waals surface area contributed by atoms with Crippen molar-refractivity contribution in [2.24, 2.45) is 0 Å². The van der Waals surface area contributed by atoms with Crippen LogP contribution >= 0.6 is 0 Å². The van der Waals surface area contributed by atoms with Crippen molar-refractivity contribution in [3.8, 4) is 5.75 Å². The van der Waals surface area contributed by atoms with Gasteiger partial charge in [0.2, 0.25) is 0 Å². The Morgan fingerprint density at radius 2 is 2.31 bits per heavy atom. The second-order valence-corrected chi connectivity index (χ2v) is 4.18. The summed E-state index contributed by atoms with van der Waals surface area (Å²) in [6.45, 7) is 2.95. The lowest BCUT2D eigenvalue weighted by Gasteiger charge is -2.10. The topological polar surface area (TPSA) is 35.1 Å². The molecule has 1 aromatic rings. The SMILES string of the molecule is COc1ccccc1C[NH2+]C[C@H]1CCCO1. The predicted octanol–water partition coefficient (Wildman–Crippen LogP) is 0.938. The van der Waals surface area contributed by atoms with Gasteiger partial charge in [0.1, 0.15) is 24.9 Å². The van der Waals surface area contributed by atoms with Crippen LogP contribution in [0.1, 0.15) is 18.4 Å². The number of nitrogens with two attached hydrogens (primary N) is 1. The summed E-state index contributed by atoms with van der Waals surface area (Å²) < 4.78 is 10.9. The van der Waals surface area contributed by atoms with Crippen molar-refractivity contribution in [2.45, 2.75) is 25.5 Å². The van der Waals surface area contributed by atoms with Gasteiger partial charge in [-0.3, -0.25) is 0 Å². The van der Waals surface area contributed by atoms with E-state index in [2.05, 4.69) is 17.4 Å². The van der Waals surface area contributed by atoms with E-state index in [1.807, 2.05) is 12.1 Å². The fourth-order valence-electron chi connectivity index (χ4n) is 2.13. The molecule has 0 aromatic heterocycles. The van der Waals surface area contributed by atoms with Gasteiger partial charge in [0.05, 0.1) is 7.11 Å². The van der Waals surface area contributed by atoms with Gasteiger partial charge in [-0.25, -0.2) is 0 Å². The lowest BCUT2D eigenvalue weighted by Crippen LogP contribution is -2.84. The van der Waals surface area contributed by atoms with Crippen molar-refractivity contribution >= 4 is 0 Å². The van der Waals surface area contributed by atoms with Crippen LogP contribution in [0.3, 0.4) is 0 Å². The zero-order chi connectivity index (χ0) is 11.2. The molecule has 88 valence electrons. The van der Waals surface area contributed by atoms with Crippen LogP contribution in [0.15, 0.2) is 24.3 Å². The Labute approximate surface area is 96.8 Å². The van der Waals surface area contributed by atoms with Crippen molar-refractivity contribution in [1.29, 1.82) is 0 Å². The van der Waals surface area contributed by atoms with Crippen LogP contribution in [0.2, 0.25) is 0 Å². The minimum absolute atomic E-state index is 0.453. The lowest BCUT2D eigenvalue weighted by atomic mass is 10.2. The quantitative estimate of drug-likeness (QED) is 0.804. The highest BCUT2D eigenvalue weighted by molar-refractivity contribution is 5.32. The Bertz CT molecular complexity index is 321. The second kappa shape index (κ2) is 5.87. The second-order valence-electron chi connectivity index (χ2n) is 4.18. The van der Waals surface area contributed by atoms with Crippen LogP contribution in [0.5, 0.6) is 5.75 Å². The zero-order valence-corrected chi connectivity index (χ0v) is 9.82. The molecule has 1 aliphatic rings. The summed E-state index contributed by atoms with van der Waals surface area (Å²) in [4.78, 5) is 0. The summed E-state index contributed by atoms with van der Waals surface area (Å²) in [5.41, 5.74) is 1.25. The molecule has 1 aliphatic heterocycles. The number of ether oxygens (including phenoxy) is 2. The molecule has 3 heteroatoms. The summed E-state index contributed by atoms with van der Waals surface area (Å²) in [6.07, 6.45) is 2.88. The monoisotopic (exact) mass is 222 g/mol. The van der Waals surface area contributed by atoms with Crippen molar-refractivity contribution < 1.29 is 14.8 Å². The third-order valence-corrected chi connectivity index (χ3v) is 3.01. The van der Waals surface area contributed by atoms with Gasteiger partial charge < -0.3 is 14.8 Å². The number of para-hydroxylation sites is 1. The molecule has 0 bridgehead atoms. The first-order valence-electron chi connectivity index (χ1n) is 5.95. The van der Waals surface area contributed by atoms with Crippen molar-refractivity contribution in [3.05, 3.63) is 29.8 Å². The summed E-state index contributed by atoms with van der Waals surface area (Å²) in [7, 11) is 1.72. The smallest absolute Gasteiger partial charge is 0.127 e. The molecule has 2 N–H and O–H groups in total. The molecule has 16 heavy (non-hydrogen) atoms. The van der Waals surface area contributed by atoms with Gasteiger partial charge in [-0.1, -0.05) is 12.1 Å². The Balaban J connectivity index is 1.79. The normalized spacial score (nSPS) is 19.9. The minimum Gasteiger partial charge on any atom is -0.496 e. The fourth-order valence-corrected chi connectivity index (χ4v) is 2.13. The molecule has 0 amide bonds. The molecule has 0 radical (unpaired) electrons. The molecule has 1 aromatic carbocycles. The number of hydrogen-bond acceptors (Lipinski definition) is 2. The Morgan fingerprint density at radius 3 is 3.06 bits per heavy atom. The van der Waals surface area contributed by atoms with Gasteiger partial charge in [0.15, 0.2) is 0 Å². The van der Waals surface area contributed by atoms with E-state index in [-0.39, 0.29) is 0 Å². The van der Waals surface area contributed by atoms with Gasteiger partial charge in [-0.05, 0) is 25.0 Å². The minimum atomic E-state index is 0.453. The van der Waals surface area contributed by atoms with Crippen LogP contribution in [-0.2, 0) is 11.3 Å². The van der Waals surface area contributed by atoms with Crippen LogP contribution in [-0.4, -0.2) is 26.4 Å². The van der Waals surface area contributed by atoms with E-state index in [4.69, 9.17) is 9.47 Å². The maximum atomic E-state index is 5.58. The van der Waals surface area contributed by atoms with E-state index < -0.39 is 0 Å². The van der Waals surface area contributed by atoms with E-state index in [1.165, 1.54) is 18.4 Å². The largest absolute Gasteiger partial charge is 0.496 e. The van der Waals surface area contributed by atoms with Crippen LogP contribution in [0.4, 0.5) is 0 Å². The summed E-state index contributed by atoms with van der Waals surface area (Å²) in [5, 5.41) is 2.30. The number of quaternary nitrogens is 1. The third kappa shape index (κ3) is 2.97. The standard InChI is InChI=1S/C13H19NO2/c1-15-13-7-3-2-5-11(13)9-14-10-12-6-4-8-16-12/h2-3,5,7,12,14H,4,6,8-10H2,1H3/p+1/t12-/m1/s1. The Morgan fingerprint density at radius 1 is 1.44 bits per heavy atom. The van der Waals surface area contributed by atoms with E-state index >= 15 is 0 Å². The van der Waals surface area contributed by atoms with E-state index in [9.17, 15) is 0 Å². The van der Waals surface area contributed by atoms with E-state index in [0.29, 0.717) is 6.10 Å². The highest BCUT2D eigenvalue weighted by Gasteiger charge is 2.16. The maximum absolute atomic E-state index is 5.58. The average Bonchev–Trinajstić information content (AvgIpc) is 2.83. The Hall–Kier alpha value is -1.06. The maximum Gasteiger partial charge on any atom is 0.127 e. The Kier molecular flexibility index (Phi) is 4.19. The van der Waals surface area contributed by atoms with Gasteiger partial charge >= 0.3 is 0 Å². The predicted molar refractivity (Wildman–Crippen MR) is 62.5 cm³/mol. The van der Waals surface area contributed by atoms with E-state index in [1.54, 1.807) is 7.11 Å². The number of rotatable bonds is 5. The third-order valence-electron chi connectivity index (χ3n) is 3.01. The van der Waals surface area contributed by atoms with Crippen molar-refractivity contribution in [3.63, 3.8) is 0 Å². The highest BCUT2D eigenvalue weighted by atomic mass is 16.5. The number of benzene rings is 1. The molecule has 0 unspecified atom stereocenters. The summed E-state index contributed by atoms with van der Waals surface area (Å²) in [6, 6.07) is 8.18. The molecular formula is C13H20NO2+. The van der Waals surface area contributed by atoms with Gasteiger partial charge in [-0.15, -0.1) is 0 Å². The number of methoxy groups -OCH3 is 1. The van der Waals surface area contributed by atoms with Gasteiger partial charge in [0, 0.05) is 12.2 Å². The van der Waals surface area contributed by atoms with Crippen LogP contribution in [0, 0.1) is 0 Å². The summed E-state index contributed by atoms with van der Waals surface area (Å²) >= 11 is 0. The molecule has 0 saturated carbocycles. The van der Waals surface area contributed by atoms with Gasteiger partial charge in [0.25, 0.3) is 0 Å². The summed E-state index contributed by atoms with van der Waals surface area (Å²) in [5.74, 6) is 0.978. The molecule has 1 atom stereocenters. The first kappa shape index (κ1) is 11.4. The molecule has 2 rings (SSSR count). The van der Waals surface area contributed by atoms with Crippen LogP contribution in [0.25, 0.3) is 0 Å². The van der Waals surface area contributed by atoms with Gasteiger partial charge in [-0.2, -0.15) is 0 Å². The van der Waals surface area contributed by atoms with Crippen molar-refractivity contribution in [1.82, 2.24) is 0 Å². The molecular weight excluding hydrogens is 202 g/mol. The first-order valence-corrected chi connectivity index (χ1v) is 5.95. The number of hydrogen-bond donors (Lipinski definition) is 1. The zero-order valence-electron chi connectivity index (χ0n) is 9.82. The van der Waals surface area contributed by atoms with Crippen molar-refractivity contribution in [2.75, 3.05) is 20.3 Å². The first-order chi connectivity index (χ1) is 7.90. The lowest BCUT2D eigenvalue weighted by molar-refractivity contribution is -0.676. The molecule has 3 nitrogen and oxygen atoms in total. The average molecular weight is 222 g/mol. The molecule has 0 spiro atoms. The molecule has 1 fully saturated rings. The molecule has 1 heterocycles. The highest BCUT2D eigenvalue weighted by Crippen LogP contribution is 2.15. The molecule has 1 saturated heterocycles. The molecule has 0 aliphatic carbocycles. The van der Waals surface area contributed by atoms with Crippen LogP contribution < -0.4 is 10.1 Å².